The SMILES string of the molecule is COC1CN(C(=O)c2cccc(Cl)n2)C1. The lowest BCUT2D eigenvalue weighted by Crippen LogP contribution is -2.54. The summed E-state index contributed by atoms with van der Waals surface area (Å²) >= 11 is 5.70. The minimum atomic E-state index is -0.0919. The molecule has 80 valence electrons. The summed E-state index contributed by atoms with van der Waals surface area (Å²) in [6.45, 7) is 1.26. The van der Waals surface area contributed by atoms with Gasteiger partial charge in [-0.15, -0.1) is 0 Å². The Morgan fingerprint density at radius 3 is 2.93 bits per heavy atom. The number of aromatic nitrogens is 1. The molecule has 1 saturated heterocycles. The molecule has 0 aliphatic carbocycles. The van der Waals surface area contributed by atoms with Crippen molar-refractivity contribution in [2.75, 3.05) is 20.2 Å². The van der Waals surface area contributed by atoms with E-state index in [2.05, 4.69) is 4.98 Å². The van der Waals surface area contributed by atoms with Crippen LogP contribution >= 0.6 is 11.6 Å². The Kier molecular flexibility index (Phi) is 2.88. The zero-order chi connectivity index (χ0) is 10.8. The van der Waals surface area contributed by atoms with Crippen LogP contribution in [0.4, 0.5) is 0 Å². The first-order chi connectivity index (χ1) is 7.20. The summed E-state index contributed by atoms with van der Waals surface area (Å²) in [4.78, 5) is 17.4. The van der Waals surface area contributed by atoms with Gasteiger partial charge in [0.2, 0.25) is 0 Å². The first kappa shape index (κ1) is 10.4. The Morgan fingerprint density at radius 2 is 2.33 bits per heavy atom. The van der Waals surface area contributed by atoms with Gasteiger partial charge >= 0.3 is 0 Å². The van der Waals surface area contributed by atoms with Crippen LogP contribution in [0.2, 0.25) is 5.15 Å². The highest BCUT2D eigenvalue weighted by atomic mass is 35.5. The minimum Gasteiger partial charge on any atom is -0.378 e. The Labute approximate surface area is 92.8 Å². The van der Waals surface area contributed by atoms with E-state index < -0.39 is 0 Å². The topological polar surface area (TPSA) is 42.4 Å². The lowest BCUT2D eigenvalue weighted by Gasteiger charge is -2.37. The van der Waals surface area contributed by atoms with Crippen LogP contribution in [0.5, 0.6) is 0 Å². The van der Waals surface area contributed by atoms with Gasteiger partial charge in [0.05, 0.1) is 6.10 Å². The average Bonchev–Trinajstić information content (AvgIpc) is 2.16. The molecule has 1 aromatic heterocycles. The van der Waals surface area contributed by atoms with Crippen LogP contribution in [-0.2, 0) is 4.74 Å². The number of methoxy groups -OCH3 is 1. The first-order valence-electron chi connectivity index (χ1n) is 4.65. The monoisotopic (exact) mass is 226 g/mol. The van der Waals surface area contributed by atoms with Crippen LogP contribution in [-0.4, -0.2) is 42.1 Å². The second-order valence-corrected chi connectivity index (χ2v) is 3.80. The van der Waals surface area contributed by atoms with Gasteiger partial charge in [-0.05, 0) is 12.1 Å². The summed E-state index contributed by atoms with van der Waals surface area (Å²) in [5.41, 5.74) is 0.386. The van der Waals surface area contributed by atoms with Crippen molar-refractivity contribution >= 4 is 17.5 Å². The molecule has 0 N–H and O–H groups in total. The van der Waals surface area contributed by atoms with Crippen LogP contribution in [0.25, 0.3) is 0 Å². The van der Waals surface area contributed by atoms with E-state index in [-0.39, 0.29) is 12.0 Å². The lowest BCUT2D eigenvalue weighted by atomic mass is 10.1. The van der Waals surface area contributed by atoms with Crippen LogP contribution in [0.15, 0.2) is 18.2 Å². The molecule has 0 radical (unpaired) electrons. The standard InChI is InChI=1S/C10H11ClN2O2/c1-15-7-5-13(6-7)10(14)8-3-2-4-9(11)12-8/h2-4,7H,5-6H2,1H3. The quantitative estimate of drug-likeness (QED) is 0.712. The fourth-order valence-corrected chi connectivity index (χ4v) is 1.61. The molecule has 1 aliphatic heterocycles. The van der Waals surface area contributed by atoms with Crippen molar-refractivity contribution in [3.05, 3.63) is 29.0 Å². The Bertz CT molecular complexity index is 377. The Balaban J connectivity index is 2.03. The summed E-state index contributed by atoms with van der Waals surface area (Å²) < 4.78 is 5.09. The van der Waals surface area contributed by atoms with Crippen molar-refractivity contribution in [3.8, 4) is 0 Å². The normalized spacial score (nSPS) is 16.3. The van der Waals surface area contributed by atoms with Gasteiger partial charge in [0.1, 0.15) is 10.8 Å². The molecule has 4 nitrogen and oxygen atoms in total. The van der Waals surface area contributed by atoms with E-state index in [1.165, 1.54) is 0 Å². The van der Waals surface area contributed by atoms with E-state index in [9.17, 15) is 4.79 Å². The van der Waals surface area contributed by atoms with Gasteiger partial charge in [0.25, 0.3) is 5.91 Å². The second kappa shape index (κ2) is 4.16. The highest BCUT2D eigenvalue weighted by molar-refractivity contribution is 6.29. The van der Waals surface area contributed by atoms with Gasteiger partial charge in [-0.1, -0.05) is 17.7 Å². The zero-order valence-electron chi connectivity index (χ0n) is 8.31. The molecular formula is C10H11ClN2O2. The molecule has 1 fully saturated rings. The molecule has 1 aliphatic rings. The van der Waals surface area contributed by atoms with Gasteiger partial charge in [-0.2, -0.15) is 0 Å². The van der Waals surface area contributed by atoms with Crippen LogP contribution < -0.4 is 0 Å². The minimum absolute atomic E-state index is 0.0919. The maximum absolute atomic E-state index is 11.8. The smallest absolute Gasteiger partial charge is 0.272 e. The maximum atomic E-state index is 11.8. The number of hydrogen-bond donors (Lipinski definition) is 0. The number of pyridine rings is 1. The molecule has 0 atom stereocenters. The highest BCUT2D eigenvalue weighted by Gasteiger charge is 2.31. The molecule has 2 rings (SSSR count). The van der Waals surface area contributed by atoms with Gasteiger partial charge in [-0.3, -0.25) is 4.79 Å². The molecule has 2 heterocycles. The van der Waals surface area contributed by atoms with Crippen molar-refractivity contribution in [3.63, 3.8) is 0 Å². The van der Waals surface area contributed by atoms with Crippen LogP contribution in [0, 0.1) is 0 Å². The number of ether oxygens (including phenoxy) is 1. The fraction of sp³-hybridized carbons (Fsp3) is 0.400. The summed E-state index contributed by atoms with van der Waals surface area (Å²) in [5, 5.41) is 0.338. The second-order valence-electron chi connectivity index (χ2n) is 3.41. The molecule has 1 amide bonds. The molecule has 0 bridgehead atoms. The molecule has 0 unspecified atom stereocenters. The fourth-order valence-electron chi connectivity index (χ4n) is 1.44. The van der Waals surface area contributed by atoms with E-state index in [0.717, 1.165) is 0 Å². The predicted octanol–water partition coefficient (Wildman–Crippen LogP) is 1.21. The maximum Gasteiger partial charge on any atom is 0.272 e. The number of carbonyl (C=O) groups excluding carboxylic acids is 1. The zero-order valence-corrected chi connectivity index (χ0v) is 9.07. The van der Waals surface area contributed by atoms with Crippen molar-refractivity contribution in [2.45, 2.75) is 6.10 Å². The Hall–Kier alpha value is -1.13. The first-order valence-corrected chi connectivity index (χ1v) is 5.03. The number of halogens is 1. The van der Waals surface area contributed by atoms with Crippen LogP contribution in [0.1, 0.15) is 10.5 Å². The molecular weight excluding hydrogens is 216 g/mol. The molecule has 15 heavy (non-hydrogen) atoms. The third kappa shape index (κ3) is 2.11. The Morgan fingerprint density at radius 1 is 1.60 bits per heavy atom. The summed E-state index contributed by atoms with van der Waals surface area (Å²) in [6, 6.07) is 5.02. The predicted molar refractivity (Wildman–Crippen MR) is 55.9 cm³/mol. The van der Waals surface area contributed by atoms with E-state index >= 15 is 0 Å². The van der Waals surface area contributed by atoms with Gasteiger partial charge in [0, 0.05) is 20.2 Å². The highest BCUT2D eigenvalue weighted by Crippen LogP contribution is 2.15. The molecule has 0 saturated carbocycles. The number of likely N-dealkylation sites (tertiary alicyclic amines) is 1. The molecule has 1 aromatic rings. The van der Waals surface area contributed by atoms with Crippen molar-refractivity contribution in [1.82, 2.24) is 9.88 Å². The lowest BCUT2D eigenvalue weighted by molar-refractivity contribution is -0.0194. The molecule has 0 aromatic carbocycles. The number of hydrogen-bond acceptors (Lipinski definition) is 3. The van der Waals surface area contributed by atoms with Crippen LogP contribution in [0.3, 0.4) is 0 Å². The average molecular weight is 227 g/mol. The summed E-state index contributed by atoms with van der Waals surface area (Å²) in [5.74, 6) is -0.0919. The van der Waals surface area contributed by atoms with Gasteiger partial charge < -0.3 is 9.64 Å². The number of nitrogens with zero attached hydrogens (tertiary/aromatic N) is 2. The number of rotatable bonds is 2. The van der Waals surface area contributed by atoms with Crippen molar-refractivity contribution in [2.24, 2.45) is 0 Å². The molecule has 5 heteroatoms. The van der Waals surface area contributed by atoms with E-state index in [0.29, 0.717) is 23.9 Å². The summed E-state index contributed by atoms with van der Waals surface area (Å²) in [6.07, 6.45) is 0.160. The molecule has 0 spiro atoms. The number of amides is 1. The third-order valence-electron chi connectivity index (χ3n) is 2.40. The van der Waals surface area contributed by atoms with Crippen molar-refractivity contribution in [1.29, 1.82) is 0 Å². The largest absolute Gasteiger partial charge is 0.378 e. The summed E-state index contributed by atoms with van der Waals surface area (Å²) in [7, 11) is 1.64. The van der Waals surface area contributed by atoms with E-state index in [1.807, 2.05) is 0 Å². The van der Waals surface area contributed by atoms with Gasteiger partial charge in [-0.25, -0.2) is 4.98 Å². The van der Waals surface area contributed by atoms with Gasteiger partial charge in [0.15, 0.2) is 0 Å². The number of carbonyl (C=O) groups is 1. The van der Waals surface area contributed by atoms with Crippen molar-refractivity contribution < 1.29 is 9.53 Å². The third-order valence-corrected chi connectivity index (χ3v) is 2.61. The van der Waals surface area contributed by atoms with E-state index in [1.54, 1.807) is 30.2 Å². The van der Waals surface area contributed by atoms with E-state index in [4.69, 9.17) is 16.3 Å².